The van der Waals surface area contributed by atoms with E-state index in [1.54, 1.807) is 0 Å². The second kappa shape index (κ2) is 2.10. The van der Waals surface area contributed by atoms with Gasteiger partial charge in [0, 0.05) is 12.0 Å². The highest BCUT2D eigenvalue weighted by molar-refractivity contribution is 5.63. The molecule has 1 rings (SSSR count). The van der Waals surface area contributed by atoms with E-state index in [0.717, 1.165) is 19.1 Å². The van der Waals surface area contributed by atoms with Crippen LogP contribution in [0.4, 0.5) is 0 Å². The van der Waals surface area contributed by atoms with Crippen molar-refractivity contribution in [2.24, 2.45) is 11.3 Å². The molecule has 0 heterocycles. The third kappa shape index (κ3) is 0.990. The van der Waals surface area contributed by atoms with Crippen LogP contribution in [0.3, 0.4) is 0 Å². The van der Waals surface area contributed by atoms with Crippen LogP contribution >= 0.6 is 0 Å². The molecule has 0 amide bonds. The van der Waals surface area contributed by atoms with Gasteiger partial charge in [0.05, 0.1) is 0 Å². The van der Waals surface area contributed by atoms with Crippen LogP contribution in [-0.4, -0.2) is 18.0 Å². The molecule has 0 bridgehead atoms. The molecule has 0 spiro atoms. The SMILES string of the molecule is CC(CO)C1(C=O)CC1. The maximum Gasteiger partial charge on any atom is 0.126 e. The number of carbonyl (C=O) groups excluding carboxylic acids is 1. The van der Waals surface area contributed by atoms with Crippen LogP contribution in [-0.2, 0) is 4.79 Å². The Hall–Kier alpha value is -0.370. The first-order valence-corrected chi connectivity index (χ1v) is 3.32. The summed E-state index contributed by atoms with van der Waals surface area (Å²) in [5.74, 6) is 0.162. The number of aliphatic hydroxyl groups is 1. The Morgan fingerprint density at radius 2 is 2.33 bits per heavy atom. The standard InChI is InChI=1S/C7H12O2/c1-6(4-8)7(5-9)2-3-7/h5-6,8H,2-4H2,1H3. The summed E-state index contributed by atoms with van der Waals surface area (Å²) in [6.07, 6.45) is 2.93. The molecule has 1 aliphatic rings. The molecule has 52 valence electrons. The minimum absolute atomic E-state index is 0.130. The molecule has 1 N–H and O–H groups in total. The summed E-state index contributed by atoms with van der Waals surface area (Å²) in [4.78, 5) is 10.4. The number of aliphatic hydroxyl groups excluding tert-OH is 1. The summed E-state index contributed by atoms with van der Waals surface area (Å²) < 4.78 is 0. The molecular weight excluding hydrogens is 116 g/mol. The van der Waals surface area contributed by atoms with E-state index in [9.17, 15) is 4.79 Å². The lowest BCUT2D eigenvalue weighted by Gasteiger charge is -2.12. The van der Waals surface area contributed by atoms with Gasteiger partial charge in [0.15, 0.2) is 0 Å². The first kappa shape index (κ1) is 6.75. The molecular formula is C7H12O2. The van der Waals surface area contributed by atoms with Crippen molar-refractivity contribution in [3.05, 3.63) is 0 Å². The number of rotatable bonds is 3. The van der Waals surface area contributed by atoms with Crippen molar-refractivity contribution < 1.29 is 9.90 Å². The third-order valence-corrected chi connectivity index (χ3v) is 2.32. The van der Waals surface area contributed by atoms with Gasteiger partial charge in [-0.15, -0.1) is 0 Å². The monoisotopic (exact) mass is 128 g/mol. The predicted octanol–water partition coefficient (Wildman–Crippen LogP) is 0.594. The van der Waals surface area contributed by atoms with Gasteiger partial charge in [-0.25, -0.2) is 0 Å². The van der Waals surface area contributed by atoms with Gasteiger partial charge in [0.2, 0.25) is 0 Å². The number of hydrogen-bond acceptors (Lipinski definition) is 2. The highest BCUT2D eigenvalue weighted by Crippen LogP contribution is 2.49. The molecule has 1 aliphatic carbocycles. The van der Waals surface area contributed by atoms with Gasteiger partial charge in [0.25, 0.3) is 0 Å². The Balaban J connectivity index is 2.48. The lowest BCUT2D eigenvalue weighted by Crippen LogP contribution is -2.17. The number of aldehydes is 1. The smallest absolute Gasteiger partial charge is 0.126 e. The average molecular weight is 128 g/mol. The largest absolute Gasteiger partial charge is 0.396 e. The van der Waals surface area contributed by atoms with Crippen molar-refractivity contribution in [1.82, 2.24) is 0 Å². The van der Waals surface area contributed by atoms with E-state index in [-0.39, 0.29) is 17.9 Å². The first-order valence-electron chi connectivity index (χ1n) is 3.32. The molecule has 0 aromatic carbocycles. The van der Waals surface area contributed by atoms with Crippen LogP contribution in [0.5, 0.6) is 0 Å². The minimum Gasteiger partial charge on any atom is -0.396 e. The van der Waals surface area contributed by atoms with Gasteiger partial charge in [0.1, 0.15) is 6.29 Å². The summed E-state index contributed by atoms with van der Waals surface area (Å²) in [7, 11) is 0. The molecule has 2 nitrogen and oxygen atoms in total. The van der Waals surface area contributed by atoms with Gasteiger partial charge >= 0.3 is 0 Å². The molecule has 0 radical (unpaired) electrons. The lowest BCUT2D eigenvalue weighted by molar-refractivity contribution is -0.114. The summed E-state index contributed by atoms with van der Waals surface area (Å²) >= 11 is 0. The summed E-state index contributed by atoms with van der Waals surface area (Å²) in [6, 6.07) is 0. The van der Waals surface area contributed by atoms with E-state index >= 15 is 0 Å². The van der Waals surface area contributed by atoms with Crippen molar-refractivity contribution in [2.75, 3.05) is 6.61 Å². The molecule has 9 heavy (non-hydrogen) atoms. The average Bonchev–Trinajstić information content (AvgIpc) is 2.66. The fourth-order valence-corrected chi connectivity index (χ4v) is 1.05. The highest BCUT2D eigenvalue weighted by atomic mass is 16.3. The quantitative estimate of drug-likeness (QED) is 0.565. The Kier molecular flexibility index (Phi) is 1.58. The zero-order valence-electron chi connectivity index (χ0n) is 5.63. The van der Waals surface area contributed by atoms with Gasteiger partial charge in [-0.3, -0.25) is 0 Å². The van der Waals surface area contributed by atoms with Crippen LogP contribution in [0.15, 0.2) is 0 Å². The first-order chi connectivity index (χ1) is 4.25. The minimum atomic E-state index is -0.130. The lowest BCUT2D eigenvalue weighted by atomic mass is 9.93. The van der Waals surface area contributed by atoms with Crippen LogP contribution in [0, 0.1) is 11.3 Å². The van der Waals surface area contributed by atoms with E-state index in [1.807, 2.05) is 6.92 Å². The van der Waals surface area contributed by atoms with Crippen molar-refractivity contribution in [3.63, 3.8) is 0 Å². The molecule has 2 heteroatoms. The molecule has 1 atom stereocenters. The van der Waals surface area contributed by atoms with Crippen LogP contribution in [0.2, 0.25) is 0 Å². The van der Waals surface area contributed by atoms with Crippen molar-refractivity contribution in [2.45, 2.75) is 19.8 Å². The summed E-state index contributed by atoms with van der Waals surface area (Å²) in [5.41, 5.74) is -0.130. The molecule has 0 saturated heterocycles. The van der Waals surface area contributed by atoms with E-state index < -0.39 is 0 Å². The zero-order chi connectivity index (χ0) is 6.91. The summed E-state index contributed by atoms with van der Waals surface area (Å²) in [6.45, 7) is 2.06. The van der Waals surface area contributed by atoms with E-state index in [2.05, 4.69) is 0 Å². The van der Waals surface area contributed by atoms with Crippen LogP contribution in [0.25, 0.3) is 0 Å². The predicted molar refractivity (Wildman–Crippen MR) is 34.0 cm³/mol. The highest BCUT2D eigenvalue weighted by Gasteiger charge is 2.46. The fourth-order valence-electron chi connectivity index (χ4n) is 1.05. The number of carbonyl (C=O) groups is 1. The number of hydrogen-bond donors (Lipinski definition) is 1. The van der Waals surface area contributed by atoms with Crippen molar-refractivity contribution in [1.29, 1.82) is 0 Å². The molecule has 0 aliphatic heterocycles. The topological polar surface area (TPSA) is 37.3 Å². The van der Waals surface area contributed by atoms with Gasteiger partial charge in [-0.05, 0) is 18.8 Å². The third-order valence-electron chi connectivity index (χ3n) is 2.32. The Labute approximate surface area is 54.9 Å². The maximum atomic E-state index is 10.4. The van der Waals surface area contributed by atoms with E-state index in [1.165, 1.54) is 0 Å². The van der Waals surface area contributed by atoms with E-state index in [4.69, 9.17) is 5.11 Å². The Bertz CT molecular complexity index is 116. The van der Waals surface area contributed by atoms with Crippen molar-refractivity contribution in [3.8, 4) is 0 Å². The molecule has 0 aromatic rings. The normalized spacial score (nSPS) is 25.1. The van der Waals surface area contributed by atoms with Crippen LogP contribution in [0.1, 0.15) is 19.8 Å². The molecule has 0 aromatic heterocycles. The van der Waals surface area contributed by atoms with Gasteiger partial charge < -0.3 is 9.90 Å². The second-order valence-electron chi connectivity index (χ2n) is 2.93. The maximum absolute atomic E-state index is 10.4. The second-order valence-corrected chi connectivity index (χ2v) is 2.93. The Morgan fingerprint density at radius 3 is 2.44 bits per heavy atom. The Morgan fingerprint density at radius 1 is 1.78 bits per heavy atom. The summed E-state index contributed by atoms with van der Waals surface area (Å²) in [5, 5.41) is 8.68. The molecule has 1 fully saturated rings. The van der Waals surface area contributed by atoms with E-state index in [0.29, 0.717) is 0 Å². The van der Waals surface area contributed by atoms with Gasteiger partial charge in [-0.1, -0.05) is 6.92 Å². The van der Waals surface area contributed by atoms with Crippen LogP contribution < -0.4 is 0 Å². The zero-order valence-corrected chi connectivity index (χ0v) is 5.63. The van der Waals surface area contributed by atoms with Crippen molar-refractivity contribution >= 4 is 6.29 Å². The molecule has 1 unspecified atom stereocenters. The fraction of sp³-hybridized carbons (Fsp3) is 0.857. The molecule has 1 saturated carbocycles. The van der Waals surface area contributed by atoms with Gasteiger partial charge in [-0.2, -0.15) is 0 Å².